The van der Waals surface area contributed by atoms with Crippen LogP contribution < -0.4 is 0 Å². The van der Waals surface area contributed by atoms with Gasteiger partial charge in [-0.15, -0.1) is 12.6 Å². The predicted molar refractivity (Wildman–Crippen MR) is 55.6 cm³/mol. The molecule has 0 fully saturated rings. The third-order valence-electron chi connectivity index (χ3n) is 1.87. The van der Waals surface area contributed by atoms with Crippen LogP contribution in [0.4, 0.5) is 0 Å². The van der Waals surface area contributed by atoms with Crippen molar-refractivity contribution in [1.29, 1.82) is 5.41 Å². The number of rotatable bonds is 2. The Morgan fingerprint density at radius 2 is 2.17 bits per heavy atom. The fourth-order valence-electron chi connectivity index (χ4n) is 1.10. The minimum Gasteiger partial charge on any atom is -0.305 e. The van der Waals surface area contributed by atoms with Crippen LogP contribution in [-0.2, 0) is 6.42 Å². The first-order valence-electron chi connectivity index (χ1n) is 4.02. The molecule has 1 N–H and O–H groups in total. The molecular formula is C10H13NS. The lowest BCUT2D eigenvalue weighted by atomic mass is 10.1. The maximum absolute atomic E-state index is 7.50. The van der Waals surface area contributed by atoms with Gasteiger partial charge in [-0.05, 0) is 31.0 Å². The van der Waals surface area contributed by atoms with Crippen LogP contribution in [0.3, 0.4) is 0 Å². The highest BCUT2D eigenvalue weighted by molar-refractivity contribution is 7.80. The van der Waals surface area contributed by atoms with Gasteiger partial charge >= 0.3 is 0 Å². The zero-order valence-electron chi connectivity index (χ0n) is 7.39. The summed E-state index contributed by atoms with van der Waals surface area (Å²) in [4.78, 5) is 0.889. The Kier molecular flexibility index (Phi) is 2.93. The lowest BCUT2D eigenvalue weighted by molar-refractivity contribution is 1.13. The van der Waals surface area contributed by atoms with E-state index in [4.69, 9.17) is 5.41 Å². The molecule has 0 bridgehead atoms. The first-order chi connectivity index (χ1) is 5.65. The molecule has 1 aromatic rings. The van der Waals surface area contributed by atoms with E-state index in [-0.39, 0.29) is 0 Å². The summed E-state index contributed by atoms with van der Waals surface area (Å²) in [5.74, 6) is 0. The van der Waals surface area contributed by atoms with Gasteiger partial charge in [0.25, 0.3) is 0 Å². The van der Waals surface area contributed by atoms with E-state index in [0.717, 1.165) is 16.9 Å². The predicted octanol–water partition coefficient (Wildman–Crippen LogP) is 2.93. The van der Waals surface area contributed by atoms with Crippen molar-refractivity contribution in [3.63, 3.8) is 0 Å². The van der Waals surface area contributed by atoms with Crippen molar-refractivity contribution in [3.8, 4) is 0 Å². The van der Waals surface area contributed by atoms with Gasteiger partial charge in [-0.1, -0.05) is 13.0 Å². The fourth-order valence-corrected chi connectivity index (χ4v) is 1.41. The van der Waals surface area contributed by atoms with E-state index in [9.17, 15) is 0 Å². The van der Waals surface area contributed by atoms with Crippen molar-refractivity contribution < 1.29 is 0 Å². The summed E-state index contributed by atoms with van der Waals surface area (Å²) in [6, 6.07) is 6.04. The van der Waals surface area contributed by atoms with Crippen molar-refractivity contribution in [2.45, 2.75) is 25.2 Å². The number of hydrogen-bond acceptors (Lipinski definition) is 2. The van der Waals surface area contributed by atoms with Gasteiger partial charge in [0.15, 0.2) is 0 Å². The van der Waals surface area contributed by atoms with E-state index in [2.05, 4.69) is 25.6 Å². The highest BCUT2D eigenvalue weighted by atomic mass is 32.1. The van der Waals surface area contributed by atoms with Gasteiger partial charge in [0.1, 0.15) is 0 Å². The van der Waals surface area contributed by atoms with Crippen LogP contribution in [0.25, 0.3) is 0 Å². The Hall–Kier alpha value is -0.760. The molecule has 12 heavy (non-hydrogen) atoms. The van der Waals surface area contributed by atoms with Crippen molar-refractivity contribution in [2.24, 2.45) is 0 Å². The second-order valence-corrected chi connectivity index (χ2v) is 3.31. The molecule has 0 heterocycles. The highest BCUT2D eigenvalue weighted by Crippen LogP contribution is 2.16. The quantitative estimate of drug-likeness (QED) is 0.515. The average Bonchev–Trinajstić information content (AvgIpc) is 2.05. The lowest BCUT2D eigenvalue weighted by Crippen LogP contribution is -1.95. The summed E-state index contributed by atoms with van der Waals surface area (Å²) in [6.45, 7) is 3.89. The molecule has 0 saturated heterocycles. The third kappa shape index (κ3) is 1.89. The van der Waals surface area contributed by atoms with Crippen LogP contribution in [0, 0.1) is 5.41 Å². The second-order valence-electron chi connectivity index (χ2n) is 2.83. The average molecular weight is 179 g/mol. The molecule has 0 radical (unpaired) electrons. The first kappa shape index (κ1) is 9.33. The summed E-state index contributed by atoms with van der Waals surface area (Å²) in [5, 5.41) is 7.50. The molecule has 0 atom stereocenters. The maximum Gasteiger partial charge on any atom is 0.0366 e. The van der Waals surface area contributed by atoms with Gasteiger partial charge in [0, 0.05) is 16.2 Å². The normalized spacial score (nSPS) is 9.92. The molecule has 1 aromatic carbocycles. The zero-order valence-corrected chi connectivity index (χ0v) is 8.28. The maximum atomic E-state index is 7.50. The van der Waals surface area contributed by atoms with Crippen molar-refractivity contribution in [2.75, 3.05) is 0 Å². The number of nitrogens with one attached hydrogen (secondary N) is 1. The van der Waals surface area contributed by atoms with Crippen LogP contribution in [0.15, 0.2) is 23.1 Å². The zero-order chi connectivity index (χ0) is 9.14. The number of thiol groups is 1. The first-order valence-corrected chi connectivity index (χ1v) is 4.47. The third-order valence-corrected chi connectivity index (χ3v) is 2.26. The second kappa shape index (κ2) is 3.76. The van der Waals surface area contributed by atoms with Gasteiger partial charge in [0.2, 0.25) is 0 Å². The standard InChI is InChI=1S/C10H13NS/c1-3-8-4-5-10(12)9(6-8)7(2)11/h4-6,11-12H,3H2,1-2H3. The van der Waals surface area contributed by atoms with Crippen LogP contribution in [0.1, 0.15) is 25.0 Å². The van der Waals surface area contributed by atoms with E-state index in [1.54, 1.807) is 6.92 Å². The molecule has 0 aliphatic heterocycles. The topological polar surface area (TPSA) is 23.9 Å². The van der Waals surface area contributed by atoms with E-state index in [1.165, 1.54) is 5.56 Å². The molecule has 0 unspecified atom stereocenters. The minimum atomic E-state index is 0.579. The Morgan fingerprint density at radius 3 is 2.67 bits per heavy atom. The van der Waals surface area contributed by atoms with Gasteiger partial charge in [0.05, 0.1) is 0 Å². The summed E-state index contributed by atoms with van der Waals surface area (Å²) >= 11 is 4.28. The van der Waals surface area contributed by atoms with Crippen LogP contribution in [0.5, 0.6) is 0 Å². The highest BCUT2D eigenvalue weighted by Gasteiger charge is 2.01. The Balaban J connectivity index is 3.17. The largest absolute Gasteiger partial charge is 0.305 e. The molecule has 2 heteroatoms. The Bertz CT molecular complexity index is 305. The molecule has 64 valence electrons. The summed E-state index contributed by atoms with van der Waals surface area (Å²) in [5.41, 5.74) is 2.78. The summed E-state index contributed by atoms with van der Waals surface area (Å²) < 4.78 is 0. The molecule has 0 amide bonds. The lowest BCUT2D eigenvalue weighted by Gasteiger charge is -2.04. The van der Waals surface area contributed by atoms with Gasteiger partial charge < -0.3 is 5.41 Å². The molecule has 0 aliphatic carbocycles. The molecule has 0 aromatic heterocycles. The fraction of sp³-hybridized carbons (Fsp3) is 0.300. The van der Waals surface area contributed by atoms with Crippen LogP contribution in [-0.4, -0.2) is 5.71 Å². The van der Waals surface area contributed by atoms with E-state index in [0.29, 0.717) is 5.71 Å². The van der Waals surface area contributed by atoms with Crippen LogP contribution >= 0.6 is 12.6 Å². The van der Waals surface area contributed by atoms with E-state index >= 15 is 0 Å². The number of benzene rings is 1. The van der Waals surface area contributed by atoms with Crippen molar-refractivity contribution >= 4 is 18.3 Å². The van der Waals surface area contributed by atoms with Crippen LogP contribution in [0.2, 0.25) is 0 Å². The Labute approximate surface area is 78.7 Å². The molecule has 0 aliphatic rings. The van der Waals surface area contributed by atoms with Gasteiger partial charge in [-0.3, -0.25) is 0 Å². The number of hydrogen-bond donors (Lipinski definition) is 2. The van der Waals surface area contributed by atoms with Gasteiger partial charge in [-0.2, -0.15) is 0 Å². The molecule has 0 spiro atoms. The van der Waals surface area contributed by atoms with Crippen molar-refractivity contribution in [3.05, 3.63) is 29.3 Å². The Morgan fingerprint density at radius 1 is 1.50 bits per heavy atom. The summed E-state index contributed by atoms with van der Waals surface area (Å²) in [7, 11) is 0. The van der Waals surface area contributed by atoms with Gasteiger partial charge in [-0.25, -0.2) is 0 Å². The monoisotopic (exact) mass is 179 g/mol. The van der Waals surface area contributed by atoms with E-state index < -0.39 is 0 Å². The molecule has 1 nitrogen and oxygen atoms in total. The number of aryl methyl sites for hydroxylation is 1. The SMILES string of the molecule is CCc1ccc(S)c(C(C)=N)c1. The smallest absolute Gasteiger partial charge is 0.0366 e. The summed E-state index contributed by atoms with van der Waals surface area (Å²) in [6.07, 6.45) is 1.01. The van der Waals surface area contributed by atoms with Crippen molar-refractivity contribution in [1.82, 2.24) is 0 Å². The molecule has 0 saturated carbocycles. The molecular weight excluding hydrogens is 166 g/mol. The van der Waals surface area contributed by atoms with E-state index in [1.807, 2.05) is 12.1 Å². The minimum absolute atomic E-state index is 0.579. The molecule has 1 rings (SSSR count).